The SMILES string of the molecule is COC(=O)[C@H]1CC[C@@H](Oc2ncc(NC(=O)c3nnc(Nc4ccc(F)c(Cl)c4)o3)cc2F)CC1. The van der Waals surface area contributed by atoms with Crippen molar-refractivity contribution in [3.05, 3.63) is 53.0 Å². The largest absolute Gasteiger partial charge is 0.472 e. The summed E-state index contributed by atoms with van der Waals surface area (Å²) in [6, 6.07) is 4.78. The topological polar surface area (TPSA) is 128 Å². The Morgan fingerprint density at radius 3 is 2.54 bits per heavy atom. The van der Waals surface area contributed by atoms with Crippen molar-refractivity contribution in [2.75, 3.05) is 17.7 Å². The van der Waals surface area contributed by atoms with Crippen LogP contribution < -0.4 is 15.4 Å². The molecule has 1 aliphatic rings. The lowest BCUT2D eigenvalue weighted by Crippen LogP contribution is -2.29. The van der Waals surface area contributed by atoms with Gasteiger partial charge >= 0.3 is 23.8 Å². The minimum absolute atomic E-state index is 0.0484. The highest BCUT2D eigenvalue weighted by Gasteiger charge is 2.28. The van der Waals surface area contributed by atoms with Crippen LogP contribution in [-0.4, -0.2) is 40.3 Å². The normalized spacial score (nSPS) is 17.5. The third kappa shape index (κ3) is 6.01. The van der Waals surface area contributed by atoms with E-state index in [1.54, 1.807) is 0 Å². The fourth-order valence-corrected chi connectivity index (χ4v) is 3.75. The molecular weight excluding hydrogens is 488 g/mol. The van der Waals surface area contributed by atoms with Crippen molar-refractivity contribution in [3.63, 3.8) is 0 Å². The molecule has 1 aromatic carbocycles. The quantitative estimate of drug-likeness (QED) is 0.444. The van der Waals surface area contributed by atoms with Gasteiger partial charge in [-0.15, -0.1) is 5.10 Å². The summed E-state index contributed by atoms with van der Waals surface area (Å²) in [7, 11) is 1.35. The number of hydrogen-bond donors (Lipinski definition) is 2. The van der Waals surface area contributed by atoms with E-state index in [-0.39, 0.29) is 40.6 Å². The molecule has 0 unspecified atom stereocenters. The smallest absolute Gasteiger partial charge is 0.320 e. The third-order valence-corrected chi connectivity index (χ3v) is 5.63. The molecule has 3 aromatic rings. The van der Waals surface area contributed by atoms with Crippen LogP contribution in [0.15, 0.2) is 34.9 Å². The molecule has 4 rings (SSSR count). The fraction of sp³-hybridized carbons (Fsp3) is 0.318. The minimum atomic E-state index is -0.793. The Morgan fingerprint density at radius 2 is 1.86 bits per heavy atom. The first-order valence-electron chi connectivity index (χ1n) is 10.6. The van der Waals surface area contributed by atoms with E-state index in [1.165, 1.54) is 25.4 Å². The Morgan fingerprint density at radius 1 is 1.09 bits per heavy atom. The van der Waals surface area contributed by atoms with E-state index in [9.17, 15) is 18.4 Å². The van der Waals surface area contributed by atoms with Gasteiger partial charge in [0.15, 0.2) is 5.82 Å². The molecule has 0 spiro atoms. The first kappa shape index (κ1) is 24.3. The van der Waals surface area contributed by atoms with Crippen molar-refractivity contribution in [2.45, 2.75) is 31.8 Å². The number of halogens is 3. The third-order valence-electron chi connectivity index (χ3n) is 5.34. The van der Waals surface area contributed by atoms with Gasteiger partial charge in [-0.05, 0) is 43.9 Å². The standard InChI is InChI=1S/C22H20ClF2N5O5/c1-33-21(32)11-2-5-14(6-3-11)34-19-17(25)9-13(10-26-19)27-18(31)20-29-30-22(35-20)28-12-4-7-16(24)15(23)8-12/h4,7-11,14H,2-3,5-6H2,1H3,(H,27,31)(H,28,30)/t11-,14+. The van der Waals surface area contributed by atoms with Gasteiger partial charge in [0.25, 0.3) is 5.88 Å². The highest BCUT2D eigenvalue weighted by Crippen LogP contribution is 2.29. The van der Waals surface area contributed by atoms with E-state index in [1.807, 2.05) is 0 Å². The molecular formula is C22H20ClF2N5O5. The summed E-state index contributed by atoms with van der Waals surface area (Å²) >= 11 is 5.72. The predicted molar refractivity (Wildman–Crippen MR) is 120 cm³/mol. The van der Waals surface area contributed by atoms with Gasteiger partial charge in [-0.2, -0.15) is 0 Å². The number of methoxy groups -OCH3 is 1. The van der Waals surface area contributed by atoms with Crippen LogP contribution in [0, 0.1) is 17.6 Å². The summed E-state index contributed by atoms with van der Waals surface area (Å²) in [5.74, 6) is -3.18. The molecule has 13 heteroatoms. The van der Waals surface area contributed by atoms with E-state index < -0.39 is 23.4 Å². The lowest BCUT2D eigenvalue weighted by molar-refractivity contribution is -0.147. The van der Waals surface area contributed by atoms with Gasteiger partial charge in [0.1, 0.15) is 11.9 Å². The van der Waals surface area contributed by atoms with Gasteiger partial charge in [-0.3, -0.25) is 9.59 Å². The molecule has 2 heterocycles. The molecule has 1 saturated carbocycles. The van der Waals surface area contributed by atoms with Crippen LogP contribution in [0.25, 0.3) is 0 Å². The Labute approximate surface area is 203 Å². The Kier molecular flexibility index (Phi) is 7.39. The predicted octanol–water partition coefficient (Wildman–Crippen LogP) is 4.50. The van der Waals surface area contributed by atoms with Gasteiger partial charge in [-0.1, -0.05) is 16.7 Å². The monoisotopic (exact) mass is 507 g/mol. The molecule has 10 nitrogen and oxygen atoms in total. The number of anilines is 3. The molecule has 35 heavy (non-hydrogen) atoms. The summed E-state index contributed by atoms with van der Waals surface area (Å²) < 4.78 is 43.4. The summed E-state index contributed by atoms with van der Waals surface area (Å²) in [5, 5.41) is 12.3. The summed E-state index contributed by atoms with van der Waals surface area (Å²) in [6.45, 7) is 0. The lowest BCUT2D eigenvalue weighted by atomic mass is 9.87. The lowest BCUT2D eigenvalue weighted by Gasteiger charge is -2.27. The van der Waals surface area contributed by atoms with Crippen LogP contribution >= 0.6 is 11.6 Å². The molecule has 0 atom stereocenters. The second-order valence-electron chi connectivity index (χ2n) is 7.75. The van der Waals surface area contributed by atoms with Crippen LogP contribution in [0.2, 0.25) is 5.02 Å². The fourth-order valence-electron chi connectivity index (χ4n) is 3.57. The van der Waals surface area contributed by atoms with Crippen LogP contribution in [0.1, 0.15) is 36.4 Å². The average Bonchev–Trinajstić information content (AvgIpc) is 3.32. The molecule has 2 N–H and O–H groups in total. The van der Waals surface area contributed by atoms with Crippen LogP contribution in [-0.2, 0) is 9.53 Å². The van der Waals surface area contributed by atoms with Crippen molar-refractivity contribution >= 4 is 40.9 Å². The van der Waals surface area contributed by atoms with E-state index in [2.05, 4.69) is 25.8 Å². The molecule has 0 saturated heterocycles. The number of aromatic nitrogens is 3. The van der Waals surface area contributed by atoms with Crippen LogP contribution in [0.3, 0.4) is 0 Å². The highest BCUT2D eigenvalue weighted by molar-refractivity contribution is 6.31. The van der Waals surface area contributed by atoms with Gasteiger partial charge in [-0.25, -0.2) is 13.8 Å². The van der Waals surface area contributed by atoms with Crippen molar-refractivity contribution in [1.29, 1.82) is 0 Å². The summed E-state index contributed by atoms with van der Waals surface area (Å²) in [6.07, 6.45) is 3.25. The number of nitrogens with one attached hydrogen (secondary N) is 2. The highest BCUT2D eigenvalue weighted by atomic mass is 35.5. The van der Waals surface area contributed by atoms with E-state index in [0.29, 0.717) is 31.4 Å². The number of pyridine rings is 1. The molecule has 2 aromatic heterocycles. The molecule has 0 radical (unpaired) electrons. The number of benzene rings is 1. The van der Waals surface area contributed by atoms with E-state index >= 15 is 0 Å². The molecule has 1 aliphatic carbocycles. The number of carbonyl (C=O) groups is 2. The number of nitrogens with zero attached hydrogens (tertiary/aromatic N) is 3. The zero-order chi connectivity index (χ0) is 24.9. The van der Waals surface area contributed by atoms with Crippen molar-refractivity contribution < 1.29 is 32.3 Å². The van der Waals surface area contributed by atoms with Crippen molar-refractivity contribution in [3.8, 4) is 5.88 Å². The summed E-state index contributed by atoms with van der Waals surface area (Å²) in [5.41, 5.74) is 0.417. The minimum Gasteiger partial charge on any atom is -0.472 e. The van der Waals surface area contributed by atoms with Gasteiger partial charge < -0.3 is 24.5 Å². The average molecular weight is 508 g/mol. The first-order valence-corrected chi connectivity index (χ1v) is 11.0. The first-order chi connectivity index (χ1) is 16.8. The zero-order valence-corrected chi connectivity index (χ0v) is 19.1. The summed E-state index contributed by atoms with van der Waals surface area (Å²) in [4.78, 5) is 27.9. The van der Waals surface area contributed by atoms with Crippen LogP contribution in [0.5, 0.6) is 5.88 Å². The maximum absolute atomic E-state index is 14.5. The zero-order valence-electron chi connectivity index (χ0n) is 18.4. The van der Waals surface area contributed by atoms with Crippen molar-refractivity contribution in [2.24, 2.45) is 5.92 Å². The Balaban J connectivity index is 1.33. The Hall–Kier alpha value is -3.80. The number of amides is 1. The van der Waals surface area contributed by atoms with Gasteiger partial charge in [0.05, 0.1) is 29.9 Å². The molecule has 0 aliphatic heterocycles. The van der Waals surface area contributed by atoms with E-state index in [4.69, 9.17) is 25.5 Å². The maximum Gasteiger partial charge on any atom is 0.320 e. The molecule has 1 amide bonds. The number of ether oxygens (including phenoxy) is 2. The number of carbonyl (C=O) groups excluding carboxylic acids is 2. The number of esters is 1. The van der Waals surface area contributed by atoms with Crippen LogP contribution in [0.4, 0.5) is 26.2 Å². The molecule has 184 valence electrons. The Bertz CT molecular complexity index is 1230. The molecule has 1 fully saturated rings. The second kappa shape index (κ2) is 10.6. The van der Waals surface area contributed by atoms with Gasteiger partial charge in [0.2, 0.25) is 0 Å². The number of hydrogen-bond acceptors (Lipinski definition) is 9. The van der Waals surface area contributed by atoms with E-state index in [0.717, 1.165) is 12.1 Å². The number of rotatable bonds is 7. The second-order valence-corrected chi connectivity index (χ2v) is 8.15. The maximum atomic E-state index is 14.5. The van der Waals surface area contributed by atoms with Crippen molar-refractivity contribution in [1.82, 2.24) is 15.2 Å². The van der Waals surface area contributed by atoms with Gasteiger partial charge in [0, 0.05) is 11.8 Å². The molecule has 0 bridgehead atoms.